The molecule has 1 aromatic carbocycles. The van der Waals surface area contributed by atoms with Crippen LogP contribution in [0, 0.1) is 5.41 Å². The molecule has 5 nitrogen and oxygen atoms in total. The van der Waals surface area contributed by atoms with E-state index in [4.69, 9.17) is 4.74 Å². The van der Waals surface area contributed by atoms with Gasteiger partial charge in [-0.25, -0.2) is 0 Å². The molecule has 1 amide bonds. The summed E-state index contributed by atoms with van der Waals surface area (Å²) in [5, 5.41) is 12.5. The lowest BCUT2D eigenvalue weighted by molar-refractivity contribution is -0.153. The molecule has 0 bridgehead atoms. The molecule has 0 spiro atoms. The Hall–Kier alpha value is -2.04. The third-order valence-electron chi connectivity index (χ3n) is 5.10. The van der Waals surface area contributed by atoms with Crippen LogP contribution in [0.5, 0.6) is 5.75 Å². The Kier molecular flexibility index (Phi) is 5.76. The molecule has 0 radical (unpaired) electrons. The van der Waals surface area contributed by atoms with E-state index in [-0.39, 0.29) is 17.7 Å². The van der Waals surface area contributed by atoms with Crippen molar-refractivity contribution in [1.29, 1.82) is 0 Å². The van der Waals surface area contributed by atoms with Gasteiger partial charge in [0, 0.05) is 6.42 Å². The van der Waals surface area contributed by atoms with Crippen LogP contribution in [0.2, 0.25) is 0 Å². The van der Waals surface area contributed by atoms with Crippen LogP contribution in [0.25, 0.3) is 0 Å². The molecule has 1 saturated carbocycles. The van der Waals surface area contributed by atoms with Crippen LogP contribution in [0.3, 0.4) is 0 Å². The second-order valence-electron chi connectivity index (χ2n) is 8.04. The highest BCUT2D eigenvalue weighted by atomic mass is 16.5. The molecule has 0 heterocycles. The lowest BCUT2D eigenvalue weighted by atomic mass is 9.71. The molecule has 5 heteroatoms. The molecule has 1 aliphatic carbocycles. The number of aliphatic carboxylic acids is 1. The first kappa shape index (κ1) is 19.3. The summed E-state index contributed by atoms with van der Waals surface area (Å²) in [6, 6.07) is 5.73. The van der Waals surface area contributed by atoms with Gasteiger partial charge in [-0.3, -0.25) is 9.59 Å². The van der Waals surface area contributed by atoms with Crippen LogP contribution in [0.15, 0.2) is 18.2 Å². The lowest BCUT2D eigenvalue weighted by Crippen LogP contribution is -2.37. The second-order valence-corrected chi connectivity index (χ2v) is 8.04. The Morgan fingerprint density at radius 1 is 1.20 bits per heavy atom. The molecular weight excluding hydrogens is 318 g/mol. The molecule has 0 aromatic heterocycles. The summed E-state index contributed by atoms with van der Waals surface area (Å²) in [7, 11) is 1.56. The summed E-state index contributed by atoms with van der Waals surface area (Å²) >= 11 is 0. The van der Waals surface area contributed by atoms with Gasteiger partial charge in [-0.05, 0) is 36.0 Å². The van der Waals surface area contributed by atoms with Crippen LogP contribution in [-0.2, 0) is 15.0 Å². The standard InChI is InChI=1S/C20H29NO4/c1-19(2,3)14-8-9-16(25-4)15(12-14)21-17(22)13-20(18(23)24)10-6-5-7-11-20/h8-9,12H,5-7,10-11,13H2,1-4H3,(H,21,22)(H,23,24). The molecule has 0 unspecified atom stereocenters. The van der Waals surface area contributed by atoms with Crippen molar-refractivity contribution in [2.75, 3.05) is 12.4 Å². The maximum atomic E-state index is 12.6. The van der Waals surface area contributed by atoms with Gasteiger partial charge in [0.15, 0.2) is 0 Å². The number of ether oxygens (including phenoxy) is 1. The fourth-order valence-electron chi connectivity index (χ4n) is 3.47. The van der Waals surface area contributed by atoms with Crippen LogP contribution in [0.1, 0.15) is 64.9 Å². The number of rotatable bonds is 5. The summed E-state index contributed by atoms with van der Waals surface area (Å²) < 4.78 is 5.35. The van der Waals surface area contributed by atoms with Gasteiger partial charge in [-0.1, -0.05) is 46.1 Å². The highest BCUT2D eigenvalue weighted by molar-refractivity contribution is 5.95. The van der Waals surface area contributed by atoms with Crippen molar-refractivity contribution in [2.24, 2.45) is 5.41 Å². The zero-order valence-corrected chi connectivity index (χ0v) is 15.6. The number of hydrogen-bond donors (Lipinski definition) is 2. The zero-order valence-electron chi connectivity index (χ0n) is 15.6. The Morgan fingerprint density at radius 3 is 2.36 bits per heavy atom. The van der Waals surface area contributed by atoms with E-state index < -0.39 is 11.4 Å². The fourth-order valence-corrected chi connectivity index (χ4v) is 3.47. The maximum Gasteiger partial charge on any atom is 0.310 e. The summed E-state index contributed by atoms with van der Waals surface area (Å²) in [4.78, 5) is 24.4. The summed E-state index contributed by atoms with van der Waals surface area (Å²) in [5.74, 6) is -0.555. The summed E-state index contributed by atoms with van der Waals surface area (Å²) in [6.07, 6.45) is 3.90. The van der Waals surface area contributed by atoms with Crippen molar-refractivity contribution in [3.8, 4) is 5.75 Å². The molecular formula is C20H29NO4. The third-order valence-corrected chi connectivity index (χ3v) is 5.10. The van der Waals surface area contributed by atoms with E-state index in [0.717, 1.165) is 24.8 Å². The number of carbonyl (C=O) groups is 2. The van der Waals surface area contributed by atoms with E-state index in [9.17, 15) is 14.7 Å². The van der Waals surface area contributed by atoms with Gasteiger partial charge in [0.25, 0.3) is 0 Å². The fraction of sp³-hybridized carbons (Fsp3) is 0.600. The Labute approximate surface area is 149 Å². The molecule has 25 heavy (non-hydrogen) atoms. The minimum absolute atomic E-state index is 0.00519. The minimum atomic E-state index is -0.933. The molecule has 1 aromatic rings. The number of anilines is 1. The predicted molar refractivity (Wildman–Crippen MR) is 98.1 cm³/mol. The number of methoxy groups -OCH3 is 1. The summed E-state index contributed by atoms with van der Waals surface area (Å²) in [5.41, 5.74) is 0.680. The molecule has 138 valence electrons. The quantitative estimate of drug-likeness (QED) is 0.830. The molecule has 0 aliphatic heterocycles. The highest BCUT2D eigenvalue weighted by Gasteiger charge is 2.41. The van der Waals surface area contributed by atoms with Gasteiger partial charge < -0.3 is 15.2 Å². The van der Waals surface area contributed by atoms with Gasteiger partial charge in [-0.15, -0.1) is 0 Å². The molecule has 0 atom stereocenters. The first-order valence-electron chi connectivity index (χ1n) is 8.90. The topological polar surface area (TPSA) is 75.6 Å². The first-order valence-corrected chi connectivity index (χ1v) is 8.90. The molecule has 1 aliphatic rings. The number of carboxylic acids is 1. The van der Waals surface area contributed by atoms with Crippen LogP contribution < -0.4 is 10.1 Å². The normalized spacial score (nSPS) is 17.0. The van der Waals surface area contributed by atoms with E-state index in [2.05, 4.69) is 26.1 Å². The zero-order chi connectivity index (χ0) is 18.7. The lowest BCUT2D eigenvalue weighted by Gasteiger charge is -2.32. The number of benzene rings is 1. The average molecular weight is 347 g/mol. The third kappa shape index (κ3) is 4.53. The van der Waals surface area contributed by atoms with E-state index >= 15 is 0 Å². The van der Waals surface area contributed by atoms with E-state index in [1.54, 1.807) is 7.11 Å². The smallest absolute Gasteiger partial charge is 0.310 e. The van der Waals surface area contributed by atoms with Crippen LogP contribution >= 0.6 is 0 Å². The highest BCUT2D eigenvalue weighted by Crippen LogP contribution is 2.40. The molecule has 0 saturated heterocycles. The average Bonchev–Trinajstić information content (AvgIpc) is 2.54. The van der Waals surface area contributed by atoms with E-state index in [0.29, 0.717) is 24.3 Å². The van der Waals surface area contributed by atoms with Crippen molar-refractivity contribution >= 4 is 17.6 Å². The van der Waals surface area contributed by atoms with Crippen molar-refractivity contribution < 1.29 is 19.4 Å². The monoisotopic (exact) mass is 347 g/mol. The molecule has 2 rings (SSSR count). The van der Waals surface area contributed by atoms with Crippen molar-refractivity contribution in [3.63, 3.8) is 0 Å². The summed E-state index contributed by atoms with van der Waals surface area (Å²) in [6.45, 7) is 6.30. The van der Waals surface area contributed by atoms with Crippen molar-refractivity contribution in [3.05, 3.63) is 23.8 Å². The largest absolute Gasteiger partial charge is 0.495 e. The van der Waals surface area contributed by atoms with Crippen LogP contribution in [0.4, 0.5) is 5.69 Å². The van der Waals surface area contributed by atoms with Gasteiger partial charge in [0.2, 0.25) is 5.91 Å². The number of carboxylic acid groups (broad SMARTS) is 1. The maximum absolute atomic E-state index is 12.6. The van der Waals surface area contributed by atoms with E-state index in [1.165, 1.54) is 0 Å². The SMILES string of the molecule is COc1ccc(C(C)(C)C)cc1NC(=O)CC1(C(=O)O)CCCCC1. The van der Waals surface area contributed by atoms with Gasteiger partial charge in [0.05, 0.1) is 18.2 Å². The molecule has 2 N–H and O–H groups in total. The van der Waals surface area contributed by atoms with Gasteiger partial charge in [-0.2, -0.15) is 0 Å². The second kappa shape index (κ2) is 7.46. The number of nitrogens with one attached hydrogen (secondary N) is 1. The minimum Gasteiger partial charge on any atom is -0.495 e. The van der Waals surface area contributed by atoms with Crippen molar-refractivity contribution in [1.82, 2.24) is 0 Å². The predicted octanol–water partition coefficient (Wildman–Crippen LogP) is 4.36. The number of amides is 1. The van der Waals surface area contributed by atoms with Gasteiger partial charge in [0.1, 0.15) is 5.75 Å². The Bertz CT molecular complexity index is 640. The first-order chi connectivity index (χ1) is 11.7. The Balaban J connectivity index is 2.20. The van der Waals surface area contributed by atoms with Gasteiger partial charge >= 0.3 is 5.97 Å². The van der Waals surface area contributed by atoms with E-state index in [1.807, 2.05) is 18.2 Å². The van der Waals surface area contributed by atoms with Crippen LogP contribution in [-0.4, -0.2) is 24.1 Å². The number of carbonyl (C=O) groups excluding carboxylic acids is 1. The molecule has 1 fully saturated rings. The number of hydrogen-bond acceptors (Lipinski definition) is 3. The van der Waals surface area contributed by atoms with Crippen molar-refractivity contribution in [2.45, 2.75) is 64.7 Å². The Morgan fingerprint density at radius 2 is 1.84 bits per heavy atom.